The van der Waals surface area contributed by atoms with Crippen molar-refractivity contribution in [3.8, 4) is 0 Å². The molecule has 0 N–H and O–H groups in total. The summed E-state index contributed by atoms with van der Waals surface area (Å²) >= 11 is 1.61. The van der Waals surface area contributed by atoms with Gasteiger partial charge in [-0.15, -0.1) is 11.3 Å². The van der Waals surface area contributed by atoms with E-state index in [1.807, 2.05) is 10.3 Å². The van der Waals surface area contributed by atoms with Gasteiger partial charge in [0.2, 0.25) is 0 Å². The predicted molar refractivity (Wildman–Crippen MR) is 85.8 cm³/mol. The number of aromatic nitrogens is 1. The van der Waals surface area contributed by atoms with Crippen molar-refractivity contribution in [3.05, 3.63) is 16.1 Å². The number of likely N-dealkylation sites (tertiary alicyclic amines) is 2. The molecule has 116 valence electrons. The van der Waals surface area contributed by atoms with Crippen LogP contribution in [0.15, 0.2) is 5.38 Å². The molecule has 2 fully saturated rings. The average molecular weight is 307 g/mol. The summed E-state index contributed by atoms with van der Waals surface area (Å²) in [5.41, 5.74) is 0.647. The molecule has 21 heavy (non-hydrogen) atoms. The first-order valence-electron chi connectivity index (χ1n) is 8.18. The summed E-state index contributed by atoms with van der Waals surface area (Å²) in [6.07, 6.45) is 6.02. The first-order chi connectivity index (χ1) is 10.2. The summed E-state index contributed by atoms with van der Waals surface area (Å²) in [5, 5.41) is 3.01. The minimum absolute atomic E-state index is 0.120. The Morgan fingerprint density at radius 3 is 2.95 bits per heavy atom. The zero-order valence-electron chi connectivity index (χ0n) is 13.0. The molecule has 0 aliphatic carbocycles. The monoisotopic (exact) mass is 307 g/mol. The van der Waals surface area contributed by atoms with E-state index >= 15 is 0 Å². The number of hydrogen-bond donors (Lipinski definition) is 0. The lowest BCUT2D eigenvalue weighted by Crippen LogP contribution is -2.63. The molecular formula is C16H25N3OS. The summed E-state index contributed by atoms with van der Waals surface area (Å²) in [6.45, 7) is 7.42. The van der Waals surface area contributed by atoms with E-state index in [4.69, 9.17) is 0 Å². The molecule has 1 atom stereocenters. The van der Waals surface area contributed by atoms with E-state index in [0.29, 0.717) is 17.8 Å². The smallest absolute Gasteiger partial charge is 0.273 e. The number of carbonyl (C=O) groups is 1. The Morgan fingerprint density at radius 2 is 2.24 bits per heavy atom. The van der Waals surface area contributed by atoms with Crippen molar-refractivity contribution >= 4 is 17.2 Å². The van der Waals surface area contributed by atoms with E-state index in [2.05, 4.69) is 23.7 Å². The third-order valence-corrected chi connectivity index (χ3v) is 5.62. The fraction of sp³-hybridized carbons (Fsp3) is 0.750. The lowest BCUT2D eigenvalue weighted by atomic mass is 9.97. The van der Waals surface area contributed by atoms with Gasteiger partial charge in [0.1, 0.15) is 5.69 Å². The largest absolute Gasteiger partial charge is 0.334 e. The normalized spacial score (nSPS) is 24.1. The number of nitrogens with zero attached hydrogens (tertiary/aromatic N) is 3. The molecule has 2 aliphatic rings. The van der Waals surface area contributed by atoms with Gasteiger partial charge in [-0.05, 0) is 39.2 Å². The van der Waals surface area contributed by atoms with Crippen LogP contribution in [-0.2, 0) is 6.42 Å². The Hall–Kier alpha value is -0.940. The number of aryl methyl sites for hydroxylation is 1. The SMILES string of the molecule is CCCc1nc(C(=O)N2CC(N3CCCC[C@@H]3C)C2)cs1. The molecule has 1 aromatic rings. The van der Waals surface area contributed by atoms with E-state index in [9.17, 15) is 4.79 Å². The van der Waals surface area contributed by atoms with Crippen molar-refractivity contribution in [1.82, 2.24) is 14.8 Å². The number of hydrogen-bond acceptors (Lipinski definition) is 4. The second kappa shape index (κ2) is 6.44. The van der Waals surface area contributed by atoms with Crippen LogP contribution in [0, 0.1) is 0 Å². The van der Waals surface area contributed by atoms with Gasteiger partial charge in [0, 0.05) is 30.6 Å². The Morgan fingerprint density at radius 1 is 1.43 bits per heavy atom. The Kier molecular flexibility index (Phi) is 4.60. The fourth-order valence-corrected chi connectivity index (χ4v) is 4.27. The van der Waals surface area contributed by atoms with E-state index in [-0.39, 0.29) is 5.91 Å². The molecule has 0 bridgehead atoms. The zero-order valence-corrected chi connectivity index (χ0v) is 13.9. The highest BCUT2D eigenvalue weighted by molar-refractivity contribution is 7.09. The van der Waals surface area contributed by atoms with Gasteiger partial charge in [-0.3, -0.25) is 9.69 Å². The van der Waals surface area contributed by atoms with Crippen molar-refractivity contribution < 1.29 is 4.79 Å². The van der Waals surface area contributed by atoms with Gasteiger partial charge in [-0.2, -0.15) is 0 Å². The van der Waals surface area contributed by atoms with E-state index < -0.39 is 0 Å². The molecule has 0 aromatic carbocycles. The summed E-state index contributed by atoms with van der Waals surface area (Å²) in [4.78, 5) is 21.4. The van der Waals surface area contributed by atoms with Gasteiger partial charge in [0.15, 0.2) is 0 Å². The van der Waals surface area contributed by atoms with Crippen LogP contribution in [-0.4, -0.2) is 52.4 Å². The maximum Gasteiger partial charge on any atom is 0.273 e. The Balaban J connectivity index is 1.54. The standard InChI is InChI=1S/C16H25N3OS/c1-3-6-15-17-14(11-21-15)16(20)18-9-13(10-18)19-8-5-4-7-12(19)2/h11-13H,3-10H2,1-2H3/t12-/m0/s1. The second-order valence-corrected chi connectivity index (χ2v) is 7.27. The van der Waals surface area contributed by atoms with Crippen molar-refractivity contribution in [2.24, 2.45) is 0 Å². The summed E-state index contributed by atoms with van der Waals surface area (Å²) < 4.78 is 0. The third kappa shape index (κ3) is 3.14. The number of carbonyl (C=O) groups excluding carboxylic acids is 1. The maximum absolute atomic E-state index is 12.4. The molecule has 2 saturated heterocycles. The molecule has 0 unspecified atom stereocenters. The van der Waals surface area contributed by atoms with Gasteiger partial charge >= 0.3 is 0 Å². The van der Waals surface area contributed by atoms with Crippen LogP contribution in [0.5, 0.6) is 0 Å². The fourth-order valence-electron chi connectivity index (χ4n) is 3.39. The number of amides is 1. The van der Waals surface area contributed by atoms with Gasteiger partial charge in [-0.25, -0.2) is 4.98 Å². The molecule has 1 aromatic heterocycles. The van der Waals surface area contributed by atoms with Crippen LogP contribution in [0.4, 0.5) is 0 Å². The summed E-state index contributed by atoms with van der Waals surface area (Å²) in [7, 11) is 0. The first-order valence-corrected chi connectivity index (χ1v) is 9.06. The molecule has 2 aliphatic heterocycles. The molecule has 0 spiro atoms. The molecule has 0 saturated carbocycles. The van der Waals surface area contributed by atoms with Crippen LogP contribution < -0.4 is 0 Å². The van der Waals surface area contributed by atoms with Crippen molar-refractivity contribution in [3.63, 3.8) is 0 Å². The highest BCUT2D eigenvalue weighted by Crippen LogP contribution is 2.25. The summed E-state index contributed by atoms with van der Waals surface area (Å²) in [6, 6.07) is 1.24. The van der Waals surface area contributed by atoms with Crippen LogP contribution in [0.3, 0.4) is 0 Å². The highest BCUT2D eigenvalue weighted by Gasteiger charge is 2.38. The number of piperidine rings is 1. The molecular weight excluding hydrogens is 282 g/mol. The first kappa shape index (κ1) is 15.0. The van der Waals surface area contributed by atoms with Crippen molar-refractivity contribution in [2.75, 3.05) is 19.6 Å². The predicted octanol–water partition coefficient (Wildman–Crippen LogP) is 2.79. The Labute approximate surface area is 131 Å². The third-order valence-electron chi connectivity index (χ3n) is 4.71. The Bertz CT molecular complexity index is 495. The lowest BCUT2D eigenvalue weighted by molar-refractivity contribution is 0.00184. The maximum atomic E-state index is 12.4. The molecule has 4 nitrogen and oxygen atoms in total. The van der Waals surface area contributed by atoms with Crippen LogP contribution in [0.25, 0.3) is 0 Å². The molecule has 3 heterocycles. The molecule has 1 amide bonds. The second-order valence-electron chi connectivity index (χ2n) is 6.32. The van der Waals surface area contributed by atoms with Crippen molar-refractivity contribution in [1.29, 1.82) is 0 Å². The lowest BCUT2D eigenvalue weighted by Gasteiger charge is -2.49. The summed E-state index contributed by atoms with van der Waals surface area (Å²) in [5.74, 6) is 0.120. The average Bonchev–Trinajstić information content (AvgIpc) is 2.88. The van der Waals surface area contributed by atoms with Gasteiger partial charge in [-0.1, -0.05) is 13.3 Å². The minimum atomic E-state index is 0.120. The molecule has 5 heteroatoms. The van der Waals surface area contributed by atoms with Crippen LogP contribution in [0.2, 0.25) is 0 Å². The van der Waals surface area contributed by atoms with Gasteiger partial charge < -0.3 is 4.90 Å². The zero-order chi connectivity index (χ0) is 14.8. The topological polar surface area (TPSA) is 36.4 Å². The van der Waals surface area contributed by atoms with E-state index in [0.717, 1.165) is 30.9 Å². The quantitative estimate of drug-likeness (QED) is 0.858. The minimum Gasteiger partial charge on any atom is -0.334 e. The van der Waals surface area contributed by atoms with E-state index in [1.165, 1.54) is 25.8 Å². The highest BCUT2D eigenvalue weighted by atomic mass is 32.1. The molecule has 0 radical (unpaired) electrons. The van der Waals surface area contributed by atoms with Gasteiger partial charge in [0.25, 0.3) is 5.91 Å². The number of rotatable bonds is 4. The van der Waals surface area contributed by atoms with E-state index in [1.54, 1.807) is 11.3 Å². The van der Waals surface area contributed by atoms with Crippen LogP contribution in [0.1, 0.15) is 55.0 Å². The van der Waals surface area contributed by atoms with Gasteiger partial charge in [0.05, 0.1) is 5.01 Å². The van der Waals surface area contributed by atoms with Crippen molar-refractivity contribution in [2.45, 2.75) is 58.0 Å². The number of thiazole rings is 1. The molecule has 3 rings (SSSR count). The van der Waals surface area contributed by atoms with Crippen LogP contribution >= 0.6 is 11.3 Å².